The van der Waals surface area contributed by atoms with Crippen molar-refractivity contribution in [3.05, 3.63) is 0 Å². The lowest BCUT2D eigenvalue weighted by molar-refractivity contribution is -0.139. The van der Waals surface area contributed by atoms with Crippen LogP contribution in [0.3, 0.4) is 0 Å². The Morgan fingerprint density at radius 2 is 2.05 bits per heavy atom. The number of carboxylic acids is 1. The Bertz CT molecular complexity index is 456. The Kier molecular flexibility index (Phi) is 4.54. The fourth-order valence-electron chi connectivity index (χ4n) is 4.87. The van der Waals surface area contributed by atoms with Gasteiger partial charge in [-0.3, -0.25) is 14.4 Å². The second kappa shape index (κ2) is 5.90. The molecule has 0 saturated heterocycles. The number of fused-ring (bicyclic) bond motifs is 1. The molecule has 0 bridgehead atoms. The number of ketones is 2. The summed E-state index contributed by atoms with van der Waals surface area (Å²) in [4.78, 5) is 34.8. The summed E-state index contributed by atoms with van der Waals surface area (Å²) in [7, 11) is 0. The Balaban J connectivity index is 2.20. The van der Waals surface area contributed by atoms with E-state index in [9.17, 15) is 14.4 Å². The van der Waals surface area contributed by atoms with Crippen LogP contribution in [0.1, 0.15) is 59.3 Å². The van der Waals surface area contributed by atoms with Crippen molar-refractivity contribution in [3.8, 4) is 0 Å². The molecule has 0 aliphatic heterocycles. The molecule has 4 nitrogen and oxygen atoms in total. The molecule has 5 atom stereocenters. The highest BCUT2D eigenvalue weighted by Gasteiger charge is 2.55. The van der Waals surface area contributed by atoms with Gasteiger partial charge in [0, 0.05) is 24.7 Å². The first-order chi connectivity index (χ1) is 9.77. The molecule has 2 fully saturated rings. The van der Waals surface area contributed by atoms with Crippen LogP contribution < -0.4 is 0 Å². The van der Waals surface area contributed by atoms with Crippen molar-refractivity contribution in [1.29, 1.82) is 0 Å². The Hall–Kier alpha value is -1.19. The number of aliphatic carboxylic acids is 1. The summed E-state index contributed by atoms with van der Waals surface area (Å²) in [5.41, 5.74) is 0.0160. The number of hydrogen-bond acceptors (Lipinski definition) is 3. The molecule has 0 aromatic heterocycles. The predicted octanol–water partition coefficient (Wildman–Crippen LogP) is 3.09. The molecule has 0 radical (unpaired) electrons. The minimum absolute atomic E-state index is 0.0160. The minimum atomic E-state index is -0.832. The molecule has 0 heterocycles. The zero-order valence-electron chi connectivity index (χ0n) is 13.2. The van der Waals surface area contributed by atoms with Gasteiger partial charge in [-0.15, -0.1) is 0 Å². The second-order valence-electron chi connectivity index (χ2n) is 7.20. The zero-order chi connectivity index (χ0) is 15.8. The molecule has 1 N–H and O–H groups in total. The van der Waals surface area contributed by atoms with Crippen molar-refractivity contribution in [1.82, 2.24) is 0 Å². The molecule has 21 heavy (non-hydrogen) atoms. The topological polar surface area (TPSA) is 71.4 Å². The van der Waals surface area contributed by atoms with Gasteiger partial charge in [-0.05, 0) is 49.9 Å². The van der Waals surface area contributed by atoms with Crippen LogP contribution in [0.25, 0.3) is 0 Å². The van der Waals surface area contributed by atoms with E-state index in [2.05, 4.69) is 6.92 Å². The number of carbonyl (C=O) groups is 3. The van der Waals surface area contributed by atoms with Crippen LogP contribution in [0.15, 0.2) is 0 Å². The fraction of sp³-hybridized carbons (Fsp3) is 0.824. The molecule has 2 rings (SSSR count). The van der Waals surface area contributed by atoms with Gasteiger partial charge < -0.3 is 5.11 Å². The molecule has 2 aliphatic carbocycles. The van der Waals surface area contributed by atoms with E-state index in [1.807, 2.05) is 6.92 Å². The first kappa shape index (κ1) is 16.2. The largest absolute Gasteiger partial charge is 0.481 e. The molecule has 0 amide bonds. The van der Waals surface area contributed by atoms with Gasteiger partial charge in [0.2, 0.25) is 0 Å². The van der Waals surface area contributed by atoms with Crippen molar-refractivity contribution in [2.75, 3.05) is 0 Å². The SMILES string of the molecule is CC(=O)[C@@H](C)[C@H]1CC[C@H]2[C@H](CCC(=O)O)C(=O)CC[C@]12C. The van der Waals surface area contributed by atoms with E-state index in [-0.39, 0.29) is 41.2 Å². The highest BCUT2D eigenvalue weighted by Crippen LogP contribution is 2.59. The van der Waals surface area contributed by atoms with Gasteiger partial charge in [0.05, 0.1) is 0 Å². The molecule has 0 aromatic rings. The second-order valence-corrected chi connectivity index (χ2v) is 7.20. The average molecular weight is 294 g/mol. The lowest BCUT2D eigenvalue weighted by atomic mass is 9.58. The van der Waals surface area contributed by atoms with Crippen LogP contribution in [-0.4, -0.2) is 22.6 Å². The third-order valence-electron chi connectivity index (χ3n) is 6.21. The molecule has 0 unspecified atom stereocenters. The van der Waals surface area contributed by atoms with E-state index in [0.29, 0.717) is 18.8 Å². The van der Waals surface area contributed by atoms with Crippen LogP contribution in [0.5, 0.6) is 0 Å². The summed E-state index contributed by atoms with van der Waals surface area (Å²) >= 11 is 0. The monoisotopic (exact) mass is 294 g/mol. The molecule has 0 spiro atoms. The van der Waals surface area contributed by atoms with Crippen LogP contribution in [0.4, 0.5) is 0 Å². The molecule has 0 aromatic carbocycles. The number of hydrogen-bond donors (Lipinski definition) is 1. The Morgan fingerprint density at radius 3 is 2.62 bits per heavy atom. The normalized spacial score (nSPS) is 37.1. The number of carbonyl (C=O) groups excluding carboxylic acids is 2. The van der Waals surface area contributed by atoms with Crippen molar-refractivity contribution in [3.63, 3.8) is 0 Å². The maximum Gasteiger partial charge on any atom is 0.303 e. The predicted molar refractivity (Wildman–Crippen MR) is 78.8 cm³/mol. The third-order valence-corrected chi connectivity index (χ3v) is 6.21. The first-order valence-corrected chi connectivity index (χ1v) is 8.02. The Labute approximate surface area is 126 Å². The quantitative estimate of drug-likeness (QED) is 0.845. The van der Waals surface area contributed by atoms with Gasteiger partial charge in [0.25, 0.3) is 0 Å². The van der Waals surface area contributed by atoms with Crippen LogP contribution in [0, 0.1) is 29.1 Å². The maximum atomic E-state index is 12.2. The summed E-state index contributed by atoms with van der Waals surface area (Å²) in [6.45, 7) is 5.87. The van der Waals surface area contributed by atoms with Crippen molar-refractivity contribution >= 4 is 17.5 Å². The summed E-state index contributed by atoms with van der Waals surface area (Å²) in [6.07, 6.45) is 3.85. The van der Waals surface area contributed by atoms with Gasteiger partial charge in [-0.25, -0.2) is 0 Å². The standard InChI is InChI=1S/C17H26O4/c1-10(11(2)18)13-5-6-14-12(4-7-16(20)21)15(19)8-9-17(13,14)3/h10,12-14H,4-9H2,1-3H3,(H,20,21)/t10-,12+,13-,14+,17-/m1/s1. The molecule has 118 valence electrons. The Morgan fingerprint density at radius 1 is 1.38 bits per heavy atom. The highest BCUT2D eigenvalue weighted by atomic mass is 16.4. The van der Waals surface area contributed by atoms with E-state index in [1.54, 1.807) is 6.92 Å². The van der Waals surface area contributed by atoms with E-state index in [1.165, 1.54) is 0 Å². The molecule has 2 aliphatic rings. The number of carboxylic acid groups (broad SMARTS) is 1. The van der Waals surface area contributed by atoms with Gasteiger partial charge in [-0.2, -0.15) is 0 Å². The smallest absolute Gasteiger partial charge is 0.303 e. The van der Waals surface area contributed by atoms with Gasteiger partial charge in [0.15, 0.2) is 0 Å². The van der Waals surface area contributed by atoms with Gasteiger partial charge in [0.1, 0.15) is 11.6 Å². The molecule has 4 heteroatoms. The molecule has 2 saturated carbocycles. The van der Waals surface area contributed by atoms with E-state index >= 15 is 0 Å². The van der Waals surface area contributed by atoms with E-state index in [0.717, 1.165) is 19.3 Å². The van der Waals surface area contributed by atoms with Crippen molar-refractivity contribution in [2.24, 2.45) is 29.1 Å². The molecular weight excluding hydrogens is 268 g/mol. The fourth-order valence-corrected chi connectivity index (χ4v) is 4.87. The van der Waals surface area contributed by atoms with Gasteiger partial charge in [-0.1, -0.05) is 13.8 Å². The third kappa shape index (κ3) is 2.90. The summed E-state index contributed by atoms with van der Waals surface area (Å²) < 4.78 is 0. The number of Topliss-reactive ketones (excluding diaryl/α,β-unsaturated/α-hetero) is 2. The maximum absolute atomic E-state index is 12.2. The first-order valence-electron chi connectivity index (χ1n) is 8.02. The van der Waals surface area contributed by atoms with Crippen LogP contribution in [-0.2, 0) is 14.4 Å². The van der Waals surface area contributed by atoms with E-state index in [4.69, 9.17) is 5.11 Å². The van der Waals surface area contributed by atoms with Crippen molar-refractivity contribution < 1.29 is 19.5 Å². The summed E-state index contributed by atoms with van der Waals surface area (Å²) in [5.74, 6) is 0.125. The van der Waals surface area contributed by atoms with Crippen molar-refractivity contribution in [2.45, 2.75) is 59.3 Å². The highest BCUT2D eigenvalue weighted by molar-refractivity contribution is 5.83. The zero-order valence-corrected chi connectivity index (χ0v) is 13.2. The lowest BCUT2D eigenvalue weighted by Gasteiger charge is -2.45. The summed E-state index contributed by atoms with van der Waals surface area (Å²) in [5, 5.41) is 8.89. The van der Waals surface area contributed by atoms with Crippen LogP contribution >= 0.6 is 0 Å². The van der Waals surface area contributed by atoms with Gasteiger partial charge >= 0.3 is 5.97 Å². The van der Waals surface area contributed by atoms with Crippen LogP contribution in [0.2, 0.25) is 0 Å². The molecular formula is C17H26O4. The summed E-state index contributed by atoms with van der Waals surface area (Å²) in [6, 6.07) is 0. The average Bonchev–Trinajstić information content (AvgIpc) is 2.74. The number of rotatable bonds is 5. The van der Waals surface area contributed by atoms with E-state index < -0.39 is 5.97 Å². The minimum Gasteiger partial charge on any atom is -0.481 e. The lowest BCUT2D eigenvalue weighted by Crippen LogP contribution is -2.44.